The van der Waals surface area contributed by atoms with Gasteiger partial charge in [0.1, 0.15) is 5.75 Å². The minimum absolute atomic E-state index is 0.300. The maximum atomic E-state index is 13.0. The smallest absolute Gasteiger partial charge is 0.263 e. The largest absolute Gasteiger partial charge is 0.494 e. The van der Waals surface area contributed by atoms with E-state index < -0.39 is 12.1 Å². The van der Waals surface area contributed by atoms with Crippen LogP contribution in [0, 0.1) is 6.92 Å². The first-order valence-corrected chi connectivity index (χ1v) is 8.92. The van der Waals surface area contributed by atoms with Gasteiger partial charge in [-0.1, -0.05) is 35.1 Å². The lowest BCUT2D eigenvalue weighted by Gasteiger charge is -2.20. The molecule has 4 rings (SSSR count). The highest BCUT2D eigenvalue weighted by molar-refractivity contribution is 6.25. The molecule has 27 heavy (non-hydrogen) atoms. The molecule has 0 radical (unpaired) electrons. The second-order valence-corrected chi connectivity index (χ2v) is 6.62. The summed E-state index contributed by atoms with van der Waals surface area (Å²) in [4.78, 5) is 26.9. The molecule has 0 N–H and O–H groups in total. The summed E-state index contributed by atoms with van der Waals surface area (Å²) >= 11 is 0. The van der Waals surface area contributed by atoms with Crippen molar-refractivity contribution < 1.29 is 14.3 Å². The van der Waals surface area contributed by atoms with E-state index in [1.54, 1.807) is 29.3 Å². The molecule has 2 aliphatic rings. The maximum absolute atomic E-state index is 13.0. The molecule has 2 amide bonds. The lowest BCUT2D eigenvalue weighted by molar-refractivity contribution is -0.123. The van der Waals surface area contributed by atoms with Crippen molar-refractivity contribution in [1.82, 2.24) is 5.01 Å². The molecule has 2 aromatic rings. The molecule has 0 aromatic heterocycles. The molecule has 2 atom stereocenters. The fourth-order valence-corrected chi connectivity index (χ4v) is 3.35. The average molecular weight is 364 g/mol. The SMILES string of the molecule is CCOc1ccc(N2C(=O)[C@H]3N=NN(Cc4ccc(C)cc4)[C@H]3C2=O)cc1. The van der Waals surface area contributed by atoms with Crippen molar-refractivity contribution in [3.63, 3.8) is 0 Å². The Labute approximate surface area is 157 Å². The third-order valence-electron chi connectivity index (χ3n) is 4.73. The molecule has 0 saturated carbocycles. The summed E-state index contributed by atoms with van der Waals surface area (Å²) in [6.07, 6.45) is 0. The van der Waals surface area contributed by atoms with Crippen LogP contribution in [-0.4, -0.2) is 35.5 Å². The first-order chi connectivity index (χ1) is 13.1. The molecule has 2 aromatic carbocycles. The Morgan fingerprint density at radius 3 is 2.37 bits per heavy atom. The molecule has 1 saturated heterocycles. The van der Waals surface area contributed by atoms with Gasteiger partial charge >= 0.3 is 0 Å². The van der Waals surface area contributed by atoms with Gasteiger partial charge in [0.2, 0.25) is 0 Å². The fourth-order valence-electron chi connectivity index (χ4n) is 3.35. The predicted molar refractivity (Wildman–Crippen MR) is 99.3 cm³/mol. The number of carbonyl (C=O) groups excluding carboxylic acids is 2. The molecule has 0 aliphatic carbocycles. The van der Waals surface area contributed by atoms with Gasteiger partial charge in [-0.15, -0.1) is 0 Å². The van der Waals surface area contributed by atoms with Gasteiger partial charge in [-0.3, -0.25) is 14.6 Å². The van der Waals surface area contributed by atoms with Gasteiger partial charge in [-0.2, -0.15) is 5.11 Å². The van der Waals surface area contributed by atoms with Gasteiger partial charge in [-0.05, 0) is 43.7 Å². The Kier molecular flexibility index (Phi) is 4.35. The Morgan fingerprint density at radius 1 is 1.00 bits per heavy atom. The number of carbonyl (C=O) groups is 2. The van der Waals surface area contributed by atoms with Crippen molar-refractivity contribution in [2.45, 2.75) is 32.5 Å². The van der Waals surface area contributed by atoms with E-state index in [0.29, 0.717) is 24.6 Å². The summed E-state index contributed by atoms with van der Waals surface area (Å²) in [7, 11) is 0. The standard InChI is InChI=1S/C20H20N4O3/c1-3-27-16-10-8-15(9-11-16)24-19(25)17-18(20(24)26)23(22-21-17)12-14-6-4-13(2)5-7-14/h4-11,17-18H,3,12H2,1-2H3/t17-,18+/m0/s1. The quantitative estimate of drug-likeness (QED) is 0.765. The topological polar surface area (TPSA) is 74.6 Å². The fraction of sp³-hybridized carbons (Fsp3) is 0.300. The minimum Gasteiger partial charge on any atom is -0.494 e. The zero-order valence-electron chi connectivity index (χ0n) is 15.2. The zero-order valence-corrected chi connectivity index (χ0v) is 15.2. The molecule has 2 heterocycles. The molecule has 2 aliphatic heterocycles. The monoisotopic (exact) mass is 364 g/mol. The second-order valence-electron chi connectivity index (χ2n) is 6.62. The van der Waals surface area contributed by atoms with Crippen LogP contribution in [0.4, 0.5) is 5.69 Å². The van der Waals surface area contributed by atoms with E-state index in [9.17, 15) is 9.59 Å². The first kappa shape index (κ1) is 17.2. The molecule has 0 bridgehead atoms. The third-order valence-corrected chi connectivity index (χ3v) is 4.73. The lowest BCUT2D eigenvalue weighted by Crippen LogP contribution is -2.39. The van der Waals surface area contributed by atoms with Crippen LogP contribution in [0.25, 0.3) is 0 Å². The Balaban J connectivity index is 1.55. The average Bonchev–Trinajstić information content (AvgIpc) is 3.18. The number of ether oxygens (including phenoxy) is 1. The summed E-state index contributed by atoms with van der Waals surface area (Å²) < 4.78 is 5.41. The predicted octanol–water partition coefficient (Wildman–Crippen LogP) is 2.89. The number of nitrogens with zero attached hydrogens (tertiary/aromatic N) is 4. The summed E-state index contributed by atoms with van der Waals surface area (Å²) in [5.74, 6) is 0.0526. The van der Waals surface area contributed by atoms with Crippen LogP contribution in [0.3, 0.4) is 0 Å². The number of fused-ring (bicyclic) bond motifs is 1. The molecule has 138 valence electrons. The molecule has 7 heteroatoms. The van der Waals surface area contributed by atoms with Crippen molar-refractivity contribution in [3.05, 3.63) is 59.7 Å². The molecular weight excluding hydrogens is 344 g/mol. The highest BCUT2D eigenvalue weighted by Crippen LogP contribution is 2.33. The van der Waals surface area contributed by atoms with Gasteiger partial charge in [0.05, 0.1) is 18.8 Å². The van der Waals surface area contributed by atoms with Gasteiger partial charge < -0.3 is 4.74 Å². The van der Waals surface area contributed by atoms with Crippen LogP contribution in [0.15, 0.2) is 58.9 Å². The van der Waals surface area contributed by atoms with Crippen molar-refractivity contribution in [3.8, 4) is 5.75 Å². The summed E-state index contributed by atoms with van der Waals surface area (Å²) in [6, 6.07) is 13.4. The van der Waals surface area contributed by atoms with E-state index in [1.165, 1.54) is 4.90 Å². The van der Waals surface area contributed by atoms with E-state index in [2.05, 4.69) is 10.3 Å². The van der Waals surface area contributed by atoms with Crippen molar-refractivity contribution >= 4 is 17.5 Å². The number of imide groups is 1. The van der Waals surface area contributed by atoms with Crippen molar-refractivity contribution in [2.75, 3.05) is 11.5 Å². The third kappa shape index (κ3) is 3.05. The molecule has 1 fully saturated rings. The minimum atomic E-state index is -0.783. The highest BCUT2D eigenvalue weighted by Gasteiger charge is 2.54. The van der Waals surface area contributed by atoms with Crippen LogP contribution < -0.4 is 9.64 Å². The Morgan fingerprint density at radius 2 is 1.70 bits per heavy atom. The number of hydrogen-bond acceptors (Lipinski definition) is 6. The lowest BCUT2D eigenvalue weighted by atomic mass is 10.1. The summed E-state index contributed by atoms with van der Waals surface area (Å²) in [5, 5.41) is 9.74. The zero-order chi connectivity index (χ0) is 19.0. The second kappa shape index (κ2) is 6.83. The number of hydrogen-bond donors (Lipinski definition) is 0. The van der Waals surface area contributed by atoms with Crippen molar-refractivity contribution in [2.24, 2.45) is 10.3 Å². The van der Waals surface area contributed by atoms with E-state index in [-0.39, 0.29) is 11.8 Å². The summed E-state index contributed by atoms with van der Waals surface area (Å²) in [6.45, 7) is 4.90. The van der Waals surface area contributed by atoms with Crippen LogP contribution in [0.2, 0.25) is 0 Å². The van der Waals surface area contributed by atoms with Gasteiger partial charge in [0.25, 0.3) is 11.8 Å². The normalized spacial score (nSPS) is 21.1. The number of rotatable bonds is 5. The van der Waals surface area contributed by atoms with Crippen LogP contribution in [0.5, 0.6) is 5.75 Å². The molecule has 0 unspecified atom stereocenters. The van der Waals surface area contributed by atoms with Crippen LogP contribution in [0.1, 0.15) is 18.1 Å². The first-order valence-electron chi connectivity index (χ1n) is 8.92. The van der Waals surface area contributed by atoms with E-state index >= 15 is 0 Å². The van der Waals surface area contributed by atoms with Gasteiger partial charge in [0, 0.05) is 0 Å². The molecule has 0 spiro atoms. The number of benzene rings is 2. The molecule has 7 nitrogen and oxygen atoms in total. The Bertz CT molecular complexity index is 892. The van der Waals surface area contributed by atoms with Gasteiger partial charge in [0.15, 0.2) is 12.1 Å². The Hall–Kier alpha value is -3.22. The van der Waals surface area contributed by atoms with Crippen molar-refractivity contribution in [1.29, 1.82) is 0 Å². The van der Waals surface area contributed by atoms with Gasteiger partial charge in [-0.25, -0.2) is 4.90 Å². The van der Waals surface area contributed by atoms with Crippen LogP contribution >= 0.6 is 0 Å². The molecular formula is C20H20N4O3. The highest BCUT2D eigenvalue weighted by atomic mass is 16.5. The van der Waals surface area contributed by atoms with E-state index in [4.69, 9.17) is 4.74 Å². The van der Waals surface area contributed by atoms with E-state index in [0.717, 1.165) is 11.1 Å². The number of aryl methyl sites for hydroxylation is 1. The number of amides is 2. The summed E-state index contributed by atoms with van der Waals surface area (Å²) in [5.41, 5.74) is 2.70. The van der Waals surface area contributed by atoms with E-state index in [1.807, 2.05) is 38.1 Å². The maximum Gasteiger partial charge on any atom is 0.263 e. The number of anilines is 1. The van der Waals surface area contributed by atoms with Crippen LogP contribution in [-0.2, 0) is 16.1 Å².